The van der Waals surface area contributed by atoms with E-state index in [2.05, 4.69) is 16.0 Å². The Balaban J connectivity index is 0.000000396. The minimum atomic E-state index is 0.746. The summed E-state index contributed by atoms with van der Waals surface area (Å²) in [5, 5.41) is 0. The van der Waals surface area contributed by atoms with Crippen molar-refractivity contribution < 1.29 is 0 Å². The van der Waals surface area contributed by atoms with Gasteiger partial charge in [0.1, 0.15) is 5.82 Å². The van der Waals surface area contributed by atoms with Crippen LogP contribution in [0.1, 0.15) is 49.8 Å². The lowest BCUT2D eigenvalue weighted by Crippen LogP contribution is -1.95. The molecule has 2 rings (SSSR count). The fourth-order valence-corrected chi connectivity index (χ4v) is 1.33. The maximum absolute atomic E-state index is 4.38. The molecule has 1 aliphatic carbocycles. The first-order chi connectivity index (χ1) is 6.25. The lowest BCUT2D eigenvalue weighted by Gasteiger charge is -1.99. The molecular weight excluding hydrogens is 160 g/mol. The zero-order chi connectivity index (χ0) is 9.84. The van der Waals surface area contributed by atoms with Gasteiger partial charge in [-0.05, 0) is 32.8 Å². The third-order valence-electron chi connectivity index (χ3n) is 1.98. The van der Waals surface area contributed by atoms with Gasteiger partial charge >= 0.3 is 0 Å². The van der Waals surface area contributed by atoms with Crippen molar-refractivity contribution in [3.63, 3.8) is 0 Å². The van der Waals surface area contributed by atoms with Crippen LogP contribution < -0.4 is 0 Å². The molecule has 0 aromatic carbocycles. The minimum Gasteiger partial charge on any atom is -0.239 e. The minimum absolute atomic E-state index is 0.746. The molecular formula is C11H18N2. The van der Waals surface area contributed by atoms with Crippen molar-refractivity contribution in [1.29, 1.82) is 0 Å². The number of aromatic nitrogens is 2. The van der Waals surface area contributed by atoms with Gasteiger partial charge in [0.25, 0.3) is 0 Å². The summed E-state index contributed by atoms with van der Waals surface area (Å²) in [7, 11) is 0. The van der Waals surface area contributed by atoms with Gasteiger partial charge in [-0.25, -0.2) is 9.97 Å². The molecule has 13 heavy (non-hydrogen) atoms. The van der Waals surface area contributed by atoms with Gasteiger partial charge in [-0.15, -0.1) is 0 Å². The zero-order valence-corrected chi connectivity index (χ0v) is 8.96. The SMILES string of the molecule is CC.Cc1cc(C2CC2)nc(C)n1. The molecule has 1 fully saturated rings. The number of hydrogen-bond donors (Lipinski definition) is 0. The molecule has 1 aromatic heterocycles. The Kier molecular flexibility index (Phi) is 3.40. The number of rotatable bonds is 1. The lowest BCUT2D eigenvalue weighted by atomic mass is 10.2. The standard InChI is InChI=1S/C9H12N2.C2H6/c1-6-5-9(8-3-4-8)11-7(2)10-6;1-2/h5,8H,3-4H2,1-2H3;1-2H3. The fraction of sp³-hybridized carbons (Fsp3) is 0.636. The molecule has 0 amide bonds. The molecule has 1 aromatic rings. The first-order valence-electron chi connectivity index (χ1n) is 5.08. The summed E-state index contributed by atoms with van der Waals surface area (Å²) < 4.78 is 0. The van der Waals surface area contributed by atoms with Gasteiger partial charge in [0, 0.05) is 17.3 Å². The molecule has 1 aliphatic rings. The second-order valence-electron chi connectivity index (χ2n) is 3.26. The van der Waals surface area contributed by atoms with Crippen molar-refractivity contribution in [3.8, 4) is 0 Å². The highest BCUT2D eigenvalue weighted by molar-refractivity contribution is 5.17. The molecule has 72 valence electrons. The normalized spacial score (nSPS) is 14.8. The van der Waals surface area contributed by atoms with Crippen molar-refractivity contribution in [3.05, 3.63) is 23.3 Å². The second-order valence-corrected chi connectivity index (χ2v) is 3.26. The van der Waals surface area contributed by atoms with Gasteiger partial charge in [0.2, 0.25) is 0 Å². The van der Waals surface area contributed by atoms with E-state index < -0.39 is 0 Å². The van der Waals surface area contributed by atoms with Crippen molar-refractivity contribution in [2.75, 3.05) is 0 Å². The average Bonchev–Trinajstić information content (AvgIpc) is 2.88. The van der Waals surface area contributed by atoms with E-state index in [1.165, 1.54) is 18.5 Å². The van der Waals surface area contributed by atoms with E-state index >= 15 is 0 Å². The third kappa shape index (κ3) is 2.79. The molecule has 0 atom stereocenters. The van der Waals surface area contributed by atoms with Gasteiger partial charge in [0.05, 0.1) is 0 Å². The van der Waals surface area contributed by atoms with Crippen molar-refractivity contribution >= 4 is 0 Å². The lowest BCUT2D eigenvalue weighted by molar-refractivity contribution is 0.919. The van der Waals surface area contributed by atoms with Crippen molar-refractivity contribution in [1.82, 2.24) is 9.97 Å². The van der Waals surface area contributed by atoms with E-state index in [-0.39, 0.29) is 0 Å². The van der Waals surface area contributed by atoms with Crippen LogP contribution in [0, 0.1) is 13.8 Å². The van der Waals surface area contributed by atoms with E-state index in [0.717, 1.165) is 17.4 Å². The van der Waals surface area contributed by atoms with E-state index in [1.54, 1.807) is 0 Å². The van der Waals surface area contributed by atoms with Gasteiger partial charge in [-0.1, -0.05) is 13.8 Å². The highest BCUT2D eigenvalue weighted by Crippen LogP contribution is 2.38. The molecule has 0 bridgehead atoms. The molecule has 0 radical (unpaired) electrons. The van der Waals surface area contributed by atoms with Gasteiger partial charge in [-0.2, -0.15) is 0 Å². The second kappa shape index (κ2) is 4.35. The number of aryl methyl sites for hydroxylation is 2. The molecule has 0 unspecified atom stereocenters. The Morgan fingerprint density at radius 1 is 1.15 bits per heavy atom. The third-order valence-corrected chi connectivity index (χ3v) is 1.98. The van der Waals surface area contributed by atoms with E-state index in [1.807, 2.05) is 27.7 Å². The molecule has 2 heteroatoms. The smallest absolute Gasteiger partial charge is 0.125 e. The molecule has 1 saturated carbocycles. The summed E-state index contributed by atoms with van der Waals surface area (Å²) in [6.07, 6.45) is 2.63. The van der Waals surface area contributed by atoms with Crippen LogP contribution in [0.4, 0.5) is 0 Å². The Hall–Kier alpha value is -0.920. The van der Waals surface area contributed by atoms with Crippen LogP contribution in [0.5, 0.6) is 0 Å². The van der Waals surface area contributed by atoms with E-state index in [0.29, 0.717) is 0 Å². The largest absolute Gasteiger partial charge is 0.239 e. The summed E-state index contributed by atoms with van der Waals surface area (Å²) in [6.45, 7) is 7.99. The Labute approximate surface area is 80.4 Å². The average molecular weight is 178 g/mol. The van der Waals surface area contributed by atoms with E-state index in [4.69, 9.17) is 0 Å². The number of nitrogens with zero attached hydrogens (tertiary/aromatic N) is 2. The monoisotopic (exact) mass is 178 g/mol. The maximum atomic E-state index is 4.38. The van der Waals surface area contributed by atoms with E-state index in [9.17, 15) is 0 Å². The van der Waals surface area contributed by atoms with Crippen LogP contribution in [-0.2, 0) is 0 Å². The van der Waals surface area contributed by atoms with Gasteiger partial charge in [0.15, 0.2) is 0 Å². The van der Waals surface area contributed by atoms with Crippen molar-refractivity contribution in [2.24, 2.45) is 0 Å². The van der Waals surface area contributed by atoms with Crippen LogP contribution in [0.15, 0.2) is 6.07 Å². The van der Waals surface area contributed by atoms with Crippen LogP contribution in [0.2, 0.25) is 0 Å². The first kappa shape index (κ1) is 10.2. The summed E-state index contributed by atoms with van der Waals surface area (Å²) in [5.41, 5.74) is 2.34. The van der Waals surface area contributed by atoms with Crippen LogP contribution in [-0.4, -0.2) is 9.97 Å². The fourth-order valence-electron chi connectivity index (χ4n) is 1.33. The highest BCUT2D eigenvalue weighted by Gasteiger charge is 2.25. The quantitative estimate of drug-likeness (QED) is 0.660. The predicted octanol–water partition coefficient (Wildman–Crippen LogP) is 3.00. The topological polar surface area (TPSA) is 25.8 Å². The molecule has 1 heterocycles. The predicted molar refractivity (Wildman–Crippen MR) is 54.8 cm³/mol. The maximum Gasteiger partial charge on any atom is 0.125 e. The summed E-state index contributed by atoms with van der Waals surface area (Å²) in [4.78, 5) is 8.62. The van der Waals surface area contributed by atoms with Crippen LogP contribution in [0.25, 0.3) is 0 Å². The zero-order valence-electron chi connectivity index (χ0n) is 8.96. The Morgan fingerprint density at radius 3 is 2.23 bits per heavy atom. The molecule has 0 spiro atoms. The Morgan fingerprint density at radius 2 is 1.77 bits per heavy atom. The summed E-state index contributed by atoms with van der Waals surface area (Å²) in [5.74, 6) is 1.65. The summed E-state index contributed by atoms with van der Waals surface area (Å²) in [6, 6.07) is 2.10. The van der Waals surface area contributed by atoms with Crippen LogP contribution in [0.3, 0.4) is 0 Å². The van der Waals surface area contributed by atoms with Gasteiger partial charge < -0.3 is 0 Å². The molecule has 2 nitrogen and oxygen atoms in total. The van der Waals surface area contributed by atoms with Gasteiger partial charge in [-0.3, -0.25) is 0 Å². The molecule has 0 aliphatic heterocycles. The van der Waals surface area contributed by atoms with Crippen molar-refractivity contribution in [2.45, 2.75) is 46.5 Å². The van der Waals surface area contributed by atoms with Crippen LogP contribution >= 0.6 is 0 Å². The molecule has 0 saturated heterocycles. The highest BCUT2D eigenvalue weighted by atomic mass is 14.9. The first-order valence-corrected chi connectivity index (χ1v) is 5.08. The molecule has 0 N–H and O–H groups in total. The Bertz CT molecular complexity index is 257. The summed E-state index contributed by atoms with van der Waals surface area (Å²) >= 11 is 0. The number of hydrogen-bond acceptors (Lipinski definition) is 2.